The smallest absolute Gasteiger partial charge is 0.308 e. The minimum atomic E-state index is -1.06. The maximum Gasteiger partial charge on any atom is 0.308 e. The Morgan fingerprint density at radius 2 is 1.69 bits per heavy atom. The van der Waals surface area contributed by atoms with Gasteiger partial charge in [0.05, 0.1) is 6.42 Å². The molecule has 0 aliphatic rings. The fourth-order valence-corrected chi connectivity index (χ4v) is 1.48. The summed E-state index contributed by atoms with van der Waals surface area (Å²) in [5, 5.41) is 8.30. The molecule has 0 fully saturated rings. The average Bonchev–Trinajstić information content (AvgIpc) is 1.96. The molecule has 1 aromatic rings. The van der Waals surface area contributed by atoms with Gasteiger partial charge in [-0.15, -0.1) is 0 Å². The molecule has 13 heavy (non-hydrogen) atoms. The maximum atomic E-state index is 10.4. The summed E-state index contributed by atoms with van der Waals surface area (Å²) in [5.74, 6) is -1.06. The van der Waals surface area contributed by atoms with E-state index in [1.165, 1.54) is 0 Å². The second kappa shape index (κ2) is 4.09. The van der Waals surface area contributed by atoms with Crippen molar-refractivity contribution in [2.45, 2.75) is 6.42 Å². The van der Waals surface area contributed by atoms with Gasteiger partial charge in [-0.3, -0.25) is 4.79 Å². The largest absolute Gasteiger partial charge is 0.481 e. The minimum absolute atomic E-state index is 0.0348. The van der Waals surface area contributed by atoms with Gasteiger partial charge < -0.3 is 5.11 Å². The van der Waals surface area contributed by atoms with Crippen LogP contribution in [-0.2, 0) is 11.2 Å². The van der Waals surface area contributed by atoms with Crippen LogP contribution in [0.25, 0.3) is 0 Å². The molecule has 0 bridgehead atoms. The number of carboxylic acids is 1. The number of nitrogens with zero attached hydrogens (tertiary/aromatic N) is 2. The van der Waals surface area contributed by atoms with Gasteiger partial charge in [0.15, 0.2) is 0 Å². The van der Waals surface area contributed by atoms with E-state index in [0.717, 1.165) is 0 Å². The molecular weight excluding hydrogens is 238 g/mol. The lowest BCUT2D eigenvalue weighted by atomic mass is 10.2. The zero-order chi connectivity index (χ0) is 10.0. The summed E-state index contributed by atoms with van der Waals surface area (Å²) in [6.07, 6.45) is -0.325. The highest BCUT2D eigenvalue weighted by Gasteiger charge is 2.13. The first-order chi connectivity index (χ1) is 6.00. The predicted octanol–water partition coefficient (Wildman–Crippen LogP) is 2.06. The molecule has 0 amide bonds. The quantitative estimate of drug-likeness (QED) is 0.636. The standard InChI is InChI=1S/C6H3Cl3N2O2/c7-4-2(1-3(12)13)5(8)11-6(9)10-4/h1H2,(H,12,13). The van der Waals surface area contributed by atoms with Crippen LogP contribution in [0.2, 0.25) is 15.6 Å². The second-order valence-corrected chi connectivity index (χ2v) is 3.18. The Bertz CT molecular complexity index is 333. The lowest BCUT2D eigenvalue weighted by molar-refractivity contribution is -0.136. The van der Waals surface area contributed by atoms with Gasteiger partial charge in [0.25, 0.3) is 0 Å². The topological polar surface area (TPSA) is 63.1 Å². The van der Waals surface area contributed by atoms with Crippen LogP contribution in [0.15, 0.2) is 0 Å². The highest BCUT2D eigenvalue weighted by Crippen LogP contribution is 2.23. The van der Waals surface area contributed by atoms with Crippen molar-refractivity contribution in [2.75, 3.05) is 0 Å². The van der Waals surface area contributed by atoms with Crippen LogP contribution in [0.3, 0.4) is 0 Å². The summed E-state index contributed by atoms with van der Waals surface area (Å²) in [6.45, 7) is 0. The first-order valence-electron chi connectivity index (χ1n) is 3.10. The summed E-state index contributed by atoms with van der Waals surface area (Å²) in [4.78, 5) is 17.5. The van der Waals surface area contributed by atoms with E-state index in [1.807, 2.05) is 0 Å². The molecule has 0 aliphatic heterocycles. The van der Waals surface area contributed by atoms with Crippen molar-refractivity contribution in [2.24, 2.45) is 0 Å². The third kappa shape index (κ3) is 2.69. The molecule has 0 saturated carbocycles. The van der Waals surface area contributed by atoms with Crippen LogP contribution in [0.1, 0.15) is 5.56 Å². The van der Waals surface area contributed by atoms with Gasteiger partial charge in [-0.05, 0) is 11.6 Å². The van der Waals surface area contributed by atoms with Gasteiger partial charge >= 0.3 is 5.97 Å². The van der Waals surface area contributed by atoms with E-state index in [9.17, 15) is 4.79 Å². The molecule has 70 valence electrons. The molecule has 1 N–H and O–H groups in total. The van der Waals surface area contributed by atoms with Gasteiger partial charge in [0.2, 0.25) is 5.28 Å². The Morgan fingerprint density at radius 1 is 1.23 bits per heavy atom. The molecule has 7 heteroatoms. The van der Waals surface area contributed by atoms with E-state index in [2.05, 4.69) is 9.97 Å². The van der Waals surface area contributed by atoms with Gasteiger partial charge in [0, 0.05) is 5.56 Å². The summed E-state index contributed by atoms with van der Waals surface area (Å²) >= 11 is 16.6. The fraction of sp³-hybridized carbons (Fsp3) is 0.167. The van der Waals surface area contributed by atoms with Crippen molar-refractivity contribution in [3.63, 3.8) is 0 Å². The van der Waals surface area contributed by atoms with Gasteiger partial charge in [-0.2, -0.15) is 0 Å². The molecule has 0 atom stereocenters. The maximum absolute atomic E-state index is 10.4. The van der Waals surface area contributed by atoms with Crippen molar-refractivity contribution in [3.8, 4) is 0 Å². The van der Waals surface area contributed by atoms with E-state index in [0.29, 0.717) is 0 Å². The van der Waals surface area contributed by atoms with Gasteiger partial charge in [0.1, 0.15) is 10.3 Å². The van der Waals surface area contributed by atoms with Crippen molar-refractivity contribution < 1.29 is 9.90 Å². The lowest BCUT2D eigenvalue weighted by Gasteiger charge is -2.02. The predicted molar refractivity (Wildman–Crippen MR) is 48.4 cm³/mol. The van der Waals surface area contributed by atoms with Crippen LogP contribution in [0, 0.1) is 0 Å². The number of rotatable bonds is 2. The summed E-state index contributed by atoms with van der Waals surface area (Å²) in [6, 6.07) is 0. The first kappa shape index (κ1) is 10.5. The summed E-state index contributed by atoms with van der Waals surface area (Å²) in [5.41, 5.74) is 0.167. The van der Waals surface area contributed by atoms with Crippen LogP contribution in [0.5, 0.6) is 0 Å². The first-order valence-corrected chi connectivity index (χ1v) is 4.23. The van der Waals surface area contributed by atoms with E-state index < -0.39 is 5.97 Å². The number of hydrogen-bond donors (Lipinski definition) is 1. The van der Waals surface area contributed by atoms with Gasteiger partial charge in [-0.1, -0.05) is 23.2 Å². The van der Waals surface area contributed by atoms with Crippen LogP contribution in [0.4, 0.5) is 0 Å². The number of aromatic nitrogens is 2. The zero-order valence-electron chi connectivity index (χ0n) is 6.09. The Kier molecular flexibility index (Phi) is 3.30. The molecule has 0 radical (unpaired) electrons. The SMILES string of the molecule is O=C(O)Cc1c(Cl)nc(Cl)nc1Cl. The molecule has 1 heterocycles. The summed E-state index contributed by atoms with van der Waals surface area (Å²) in [7, 11) is 0. The number of carbonyl (C=O) groups is 1. The lowest BCUT2D eigenvalue weighted by Crippen LogP contribution is -2.04. The Labute approximate surface area is 88.5 Å². The third-order valence-corrected chi connectivity index (χ3v) is 2.00. The van der Waals surface area contributed by atoms with E-state index in [1.54, 1.807) is 0 Å². The summed E-state index contributed by atoms with van der Waals surface area (Å²) < 4.78 is 0. The molecular formula is C6H3Cl3N2O2. The second-order valence-electron chi connectivity index (χ2n) is 2.12. The van der Waals surface area contributed by atoms with Crippen molar-refractivity contribution in [3.05, 3.63) is 21.2 Å². The molecule has 0 spiro atoms. The van der Waals surface area contributed by atoms with E-state index in [4.69, 9.17) is 39.9 Å². The van der Waals surface area contributed by atoms with Crippen molar-refractivity contribution >= 4 is 40.8 Å². The Balaban J connectivity index is 3.13. The highest BCUT2D eigenvalue weighted by atomic mass is 35.5. The normalized spacial score (nSPS) is 10.1. The third-order valence-electron chi connectivity index (χ3n) is 1.21. The number of hydrogen-bond acceptors (Lipinski definition) is 3. The van der Waals surface area contributed by atoms with Crippen molar-refractivity contribution in [1.82, 2.24) is 9.97 Å². The monoisotopic (exact) mass is 240 g/mol. The van der Waals surface area contributed by atoms with Crippen LogP contribution < -0.4 is 0 Å². The molecule has 0 unspecified atom stereocenters. The molecule has 0 saturated heterocycles. The minimum Gasteiger partial charge on any atom is -0.481 e. The Hall–Kier alpha value is -0.580. The van der Waals surface area contributed by atoms with Crippen molar-refractivity contribution in [1.29, 1.82) is 0 Å². The van der Waals surface area contributed by atoms with Crippen LogP contribution in [-0.4, -0.2) is 21.0 Å². The van der Waals surface area contributed by atoms with Crippen LogP contribution >= 0.6 is 34.8 Å². The van der Waals surface area contributed by atoms with E-state index in [-0.39, 0.29) is 27.6 Å². The Morgan fingerprint density at radius 3 is 2.08 bits per heavy atom. The number of aliphatic carboxylic acids is 1. The molecule has 1 rings (SSSR count). The number of halogens is 3. The molecule has 0 aromatic carbocycles. The highest BCUT2D eigenvalue weighted by molar-refractivity contribution is 6.36. The molecule has 4 nitrogen and oxygen atoms in total. The number of carboxylic acid groups (broad SMARTS) is 1. The molecule has 0 aliphatic carbocycles. The average molecular weight is 241 g/mol. The zero-order valence-corrected chi connectivity index (χ0v) is 8.36. The fourth-order valence-electron chi connectivity index (χ4n) is 0.704. The molecule has 1 aromatic heterocycles. The van der Waals surface area contributed by atoms with Gasteiger partial charge in [-0.25, -0.2) is 9.97 Å². The van der Waals surface area contributed by atoms with E-state index >= 15 is 0 Å².